The van der Waals surface area contributed by atoms with Crippen LogP contribution in [0.4, 0.5) is 4.39 Å². The molecule has 138 valence electrons. The maximum absolute atomic E-state index is 13.0. The number of hydrogen-bond donors (Lipinski definition) is 2. The molecule has 0 amide bonds. The molecule has 0 saturated heterocycles. The number of nitrogens with zero attached hydrogens (tertiary/aromatic N) is 1. The van der Waals surface area contributed by atoms with Gasteiger partial charge in [-0.05, 0) is 37.5 Å². The quantitative estimate of drug-likeness (QED) is 0.248. The average Bonchev–Trinajstić information content (AvgIpc) is 2.58. The highest BCUT2D eigenvalue weighted by atomic mass is 127. The van der Waals surface area contributed by atoms with Crippen LogP contribution in [0.15, 0.2) is 29.3 Å². The average molecular weight is 453 g/mol. The summed E-state index contributed by atoms with van der Waals surface area (Å²) >= 11 is 0. The molecule has 1 atom stereocenters. The third-order valence-corrected chi connectivity index (χ3v) is 3.42. The van der Waals surface area contributed by atoms with Crippen LogP contribution in [0, 0.1) is 5.82 Å². The zero-order valence-corrected chi connectivity index (χ0v) is 17.0. The highest BCUT2D eigenvalue weighted by Gasteiger charge is 2.11. The second-order valence-corrected chi connectivity index (χ2v) is 5.06. The van der Waals surface area contributed by atoms with Crippen molar-refractivity contribution in [2.24, 2.45) is 4.99 Å². The summed E-state index contributed by atoms with van der Waals surface area (Å²) in [4.78, 5) is 4.18. The van der Waals surface area contributed by atoms with E-state index >= 15 is 0 Å². The van der Waals surface area contributed by atoms with Gasteiger partial charge < -0.3 is 20.1 Å². The Morgan fingerprint density at radius 2 is 1.92 bits per heavy atom. The number of methoxy groups -OCH3 is 1. The lowest BCUT2D eigenvalue weighted by molar-refractivity contribution is 0.106. The van der Waals surface area contributed by atoms with Crippen molar-refractivity contribution in [3.63, 3.8) is 0 Å². The minimum atomic E-state index is -0.249. The molecule has 0 radical (unpaired) electrons. The molecule has 2 N–H and O–H groups in total. The minimum Gasteiger partial charge on any atom is -0.382 e. The van der Waals surface area contributed by atoms with Gasteiger partial charge in [0.1, 0.15) is 5.82 Å². The summed E-state index contributed by atoms with van der Waals surface area (Å²) < 4.78 is 23.7. The first kappa shape index (κ1) is 23.1. The van der Waals surface area contributed by atoms with Crippen LogP contribution in [0.5, 0.6) is 0 Å². The largest absolute Gasteiger partial charge is 0.382 e. The van der Waals surface area contributed by atoms with Gasteiger partial charge in [-0.1, -0.05) is 12.1 Å². The van der Waals surface area contributed by atoms with E-state index in [9.17, 15) is 4.39 Å². The fraction of sp³-hybridized carbons (Fsp3) is 0.588. The van der Waals surface area contributed by atoms with Crippen LogP contribution in [0.3, 0.4) is 0 Å². The van der Waals surface area contributed by atoms with Crippen molar-refractivity contribution in [3.05, 3.63) is 35.6 Å². The molecule has 0 heterocycles. The van der Waals surface area contributed by atoms with E-state index < -0.39 is 0 Å². The Morgan fingerprint density at radius 1 is 1.21 bits per heavy atom. The number of ether oxygens (including phenoxy) is 2. The summed E-state index contributed by atoms with van der Waals surface area (Å²) in [7, 11) is 3.37. The summed E-state index contributed by atoms with van der Waals surface area (Å²) in [5.41, 5.74) is 0.925. The number of unbranched alkanes of at least 4 members (excludes halogenated alkanes) is 1. The first-order chi connectivity index (χ1) is 11.2. The Morgan fingerprint density at radius 3 is 2.50 bits per heavy atom. The number of nitrogens with one attached hydrogen (secondary N) is 2. The molecule has 24 heavy (non-hydrogen) atoms. The normalized spacial score (nSPS) is 12.4. The van der Waals surface area contributed by atoms with Crippen LogP contribution in [0.1, 0.15) is 31.4 Å². The Hall–Kier alpha value is -0.930. The van der Waals surface area contributed by atoms with E-state index in [-0.39, 0.29) is 35.9 Å². The molecule has 0 spiro atoms. The van der Waals surface area contributed by atoms with Gasteiger partial charge in [0.25, 0.3) is 0 Å². The molecule has 0 saturated carbocycles. The maximum atomic E-state index is 13.0. The minimum absolute atomic E-state index is 0. The van der Waals surface area contributed by atoms with Gasteiger partial charge in [-0.25, -0.2) is 4.39 Å². The predicted molar refractivity (Wildman–Crippen MR) is 107 cm³/mol. The molecule has 1 aromatic rings. The van der Waals surface area contributed by atoms with E-state index in [1.807, 2.05) is 6.92 Å². The molecule has 1 rings (SSSR count). The number of benzene rings is 1. The summed E-state index contributed by atoms with van der Waals surface area (Å²) in [6.07, 6.45) is 1.88. The van der Waals surface area contributed by atoms with Crippen LogP contribution in [0.2, 0.25) is 0 Å². The summed E-state index contributed by atoms with van der Waals surface area (Å²) in [5.74, 6) is 0.478. The SMILES string of the molecule is CCOCCCCNC(=NC)NCC(OC)c1ccc(F)cc1.I. The van der Waals surface area contributed by atoms with Gasteiger partial charge in [-0.15, -0.1) is 24.0 Å². The Balaban J connectivity index is 0.00000529. The molecule has 0 aliphatic heterocycles. The highest BCUT2D eigenvalue weighted by molar-refractivity contribution is 14.0. The third-order valence-electron chi connectivity index (χ3n) is 3.42. The van der Waals surface area contributed by atoms with Crippen molar-refractivity contribution < 1.29 is 13.9 Å². The molecular formula is C17H29FIN3O2. The molecule has 0 aliphatic carbocycles. The van der Waals surface area contributed by atoms with E-state index in [1.165, 1.54) is 12.1 Å². The van der Waals surface area contributed by atoms with Gasteiger partial charge >= 0.3 is 0 Å². The van der Waals surface area contributed by atoms with Crippen LogP contribution in [0.25, 0.3) is 0 Å². The number of hydrogen-bond acceptors (Lipinski definition) is 3. The van der Waals surface area contributed by atoms with E-state index in [1.54, 1.807) is 26.3 Å². The Kier molecular flexibility index (Phi) is 13.9. The van der Waals surface area contributed by atoms with Crippen LogP contribution >= 0.6 is 24.0 Å². The Bertz CT molecular complexity index is 458. The summed E-state index contributed by atoms with van der Waals surface area (Å²) in [6, 6.07) is 6.34. The van der Waals surface area contributed by atoms with Gasteiger partial charge in [0.15, 0.2) is 5.96 Å². The number of guanidine groups is 1. The van der Waals surface area contributed by atoms with Crippen molar-refractivity contribution >= 4 is 29.9 Å². The molecule has 0 fully saturated rings. The lowest BCUT2D eigenvalue weighted by atomic mass is 10.1. The Labute approximate surface area is 161 Å². The van der Waals surface area contributed by atoms with Gasteiger partial charge in [-0.3, -0.25) is 4.99 Å². The van der Waals surface area contributed by atoms with Crippen LogP contribution in [-0.2, 0) is 9.47 Å². The van der Waals surface area contributed by atoms with Gasteiger partial charge in [0, 0.05) is 40.5 Å². The van der Waals surface area contributed by atoms with Crippen molar-refractivity contribution in [2.45, 2.75) is 25.9 Å². The fourth-order valence-corrected chi connectivity index (χ4v) is 2.10. The molecule has 7 heteroatoms. The maximum Gasteiger partial charge on any atom is 0.191 e. The van der Waals surface area contributed by atoms with Crippen molar-refractivity contribution in [3.8, 4) is 0 Å². The number of halogens is 2. The van der Waals surface area contributed by atoms with Crippen molar-refractivity contribution in [2.75, 3.05) is 40.5 Å². The lowest BCUT2D eigenvalue weighted by Gasteiger charge is -2.18. The monoisotopic (exact) mass is 453 g/mol. The number of aliphatic imine (C=N–C) groups is 1. The van der Waals surface area contributed by atoms with Crippen LogP contribution < -0.4 is 10.6 Å². The summed E-state index contributed by atoms with van der Waals surface area (Å²) in [6.45, 7) is 4.94. The van der Waals surface area contributed by atoms with E-state index in [0.717, 1.165) is 44.1 Å². The summed E-state index contributed by atoms with van der Waals surface area (Å²) in [5, 5.41) is 6.48. The topological polar surface area (TPSA) is 54.9 Å². The van der Waals surface area contributed by atoms with Crippen LogP contribution in [-0.4, -0.2) is 46.4 Å². The van der Waals surface area contributed by atoms with E-state index in [4.69, 9.17) is 9.47 Å². The second-order valence-electron chi connectivity index (χ2n) is 5.06. The fourth-order valence-electron chi connectivity index (χ4n) is 2.10. The highest BCUT2D eigenvalue weighted by Crippen LogP contribution is 2.15. The lowest BCUT2D eigenvalue weighted by Crippen LogP contribution is -2.40. The molecule has 5 nitrogen and oxygen atoms in total. The molecule has 0 aromatic heterocycles. The van der Waals surface area contributed by atoms with Gasteiger partial charge in [0.05, 0.1) is 6.10 Å². The first-order valence-electron chi connectivity index (χ1n) is 8.01. The van der Waals surface area contributed by atoms with E-state index in [2.05, 4.69) is 15.6 Å². The standard InChI is InChI=1S/C17H28FN3O2.HI/c1-4-23-12-6-5-11-20-17(19-2)21-13-16(22-3)14-7-9-15(18)10-8-14;/h7-10,16H,4-6,11-13H2,1-3H3,(H2,19,20,21);1H. The number of rotatable bonds is 10. The molecule has 0 bridgehead atoms. The van der Waals surface area contributed by atoms with Gasteiger partial charge in [-0.2, -0.15) is 0 Å². The van der Waals surface area contributed by atoms with Gasteiger partial charge in [0.2, 0.25) is 0 Å². The molecule has 1 unspecified atom stereocenters. The van der Waals surface area contributed by atoms with Crippen molar-refractivity contribution in [1.82, 2.24) is 10.6 Å². The smallest absolute Gasteiger partial charge is 0.191 e. The molecule has 0 aliphatic rings. The van der Waals surface area contributed by atoms with Crippen molar-refractivity contribution in [1.29, 1.82) is 0 Å². The predicted octanol–water partition coefficient (Wildman–Crippen LogP) is 3.11. The third kappa shape index (κ3) is 9.39. The zero-order valence-electron chi connectivity index (χ0n) is 14.7. The second kappa shape index (κ2) is 14.4. The van der Waals surface area contributed by atoms with E-state index in [0.29, 0.717) is 6.54 Å². The molecular weight excluding hydrogens is 424 g/mol. The first-order valence-corrected chi connectivity index (χ1v) is 8.01. The molecule has 1 aromatic carbocycles. The zero-order chi connectivity index (χ0) is 16.9.